The first-order chi connectivity index (χ1) is 12.4. The second kappa shape index (κ2) is 8.93. The van der Waals surface area contributed by atoms with Crippen LogP contribution >= 0.6 is 0 Å². The van der Waals surface area contributed by atoms with E-state index in [0.717, 1.165) is 18.9 Å². The lowest BCUT2D eigenvalue weighted by atomic mass is 9.95. The molecule has 1 amide bonds. The largest absolute Gasteiger partial charge is 0.383 e. The zero-order valence-corrected chi connectivity index (χ0v) is 15.4. The summed E-state index contributed by atoms with van der Waals surface area (Å²) in [7, 11) is 4.93. The molecule has 144 valence electrons. The third-order valence-electron chi connectivity index (χ3n) is 4.42. The topological polar surface area (TPSA) is 66.0 Å². The average Bonchev–Trinajstić information content (AvgIpc) is 3.37. The number of likely N-dealkylation sites (N-methyl/N-ethyl adjacent to an activating group) is 1. The van der Waals surface area contributed by atoms with Crippen LogP contribution in [0.25, 0.3) is 0 Å². The molecule has 8 heteroatoms. The quantitative estimate of drug-likeness (QED) is 0.412. The third-order valence-corrected chi connectivity index (χ3v) is 4.42. The predicted octanol–water partition coefficient (Wildman–Crippen LogP) is 1.27. The van der Waals surface area contributed by atoms with Crippen LogP contribution in [0, 0.1) is 11.6 Å². The SMILES string of the molecule is COCCNC(=NCC(=O)N(C)C)NCC1(c2ccc(F)cc2F)CC1. The van der Waals surface area contributed by atoms with Crippen molar-refractivity contribution in [3.63, 3.8) is 0 Å². The van der Waals surface area contributed by atoms with Gasteiger partial charge < -0.3 is 20.3 Å². The Hall–Kier alpha value is -2.22. The molecule has 0 radical (unpaired) electrons. The minimum absolute atomic E-state index is 0.00717. The summed E-state index contributed by atoms with van der Waals surface area (Å²) in [6.07, 6.45) is 1.62. The molecule has 0 spiro atoms. The number of guanidine groups is 1. The van der Waals surface area contributed by atoms with Crippen LogP contribution in [0.1, 0.15) is 18.4 Å². The monoisotopic (exact) mass is 368 g/mol. The van der Waals surface area contributed by atoms with Crippen LogP contribution in [0.3, 0.4) is 0 Å². The number of carbonyl (C=O) groups excluding carboxylic acids is 1. The van der Waals surface area contributed by atoms with Crippen molar-refractivity contribution in [2.24, 2.45) is 4.99 Å². The minimum Gasteiger partial charge on any atom is -0.383 e. The van der Waals surface area contributed by atoms with E-state index >= 15 is 0 Å². The zero-order chi connectivity index (χ0) is 19.2. The van der Waals surface area contributed by atoms with E-state index in [1.165, 1.54) is 17.0 Å². The molecule has 2 rings (SSSR count). The molecule has 1 aromatic rings. The van der Waals surface area contributed by atoms with Gasteiger partial charge in [0, 0.05) is 45.8 Å². The van der Waals surface area contributed by atoms with Crippen molar-refractivity contribution in [2.75, 3.05) is 47.4 Å². The number of ether oxygens (including phenoxy) is 1. The Morgan fingerprint density at radius 2 is 2.04 bits per heavy atom. The summed E-state index contributed by atoms with van der Waals surface area (Å²) < 4.78 is 32.3. The molecule has 0 unspecified atom stereocenters. The number of hydrogen-bond donors (Lipinski definition) is 2. The summed E-state index contributed by atoms with van der Waals surface area (Å²) in [6.45, 7) is 1.47. The predicted molar refractivity (Wildman–Crippen MR) is 96.1 cm³/mol. The second-order valence-corrected chi connectivity index (χ2v) is 6.63. The summed E-state index contributed by atoms with van der Waals surface area (Å²) >= 11 is 0. The highest BCUT2D eigenvalue weighted by molar-refractivity contribution is 5.84. The van der Waals surface area contributed by atoms with Crippen molar-refractivity contribution in [1.82, 2.24) is 15.5 Å². The molecule has 1 aromatic carbocycles. The van der Waals surface area contributed by atoms with E-state index in [1.54, 1.807) is 21.2 Å². The lowest BCUT2D eigenvalue weighted by Crippen LogP contribution is -2.43. The van der Waals surface area contributed by atoms with Gasteiger partial charge in [0.15, 0.2) is 5.96 Å². The minimum atomic E-state index is -0.583. The first kappa shape index (κ1) is 20.1. The van der Waals surface area contributed by atoms with Crippen LogP contribution in [0.2, 0.25) is 0 Å². The van der Waals surface area contributed by atoms with Crippen LogP contribution in [-0.4, -0.2) is 64.2 Å². The normalized spacial score (nSPS) is 15.5. The van der Waals surface area contributed by atoms with Gasteiger partial charge in [-0.1, -0.05) is 6.07 Å². The van der Waals surface area contributed by atoms with Gasteiger partial charge in [0.2, 0.25) is 5.91 Å². The van der Waals surface area contributed by atoms with Crippen LogP contribution < -0.4 is 10.6 Å². The van der Waals surface area contributed by atoms with Crippen LogP contribution in [0.4, 0.5) is 8.78 Å². The van der Waals surface area contributed by atoms with Gasteiger partial charge in [-0.3, -0.25) is 4.79 Å². The Bertz CT molecular complexity index is 661. The maximum Gasteiger partial charge on any atom is 0.243 e. The van der Waals surface area contributed by atoms with Gasteiger partial charge in [-0.25, -0.2) is 13.8 Å². The van der Waals surface area contributed by atoms with E-state index in [2.05, 4.69) is 15.6 Å². The molecule has 6 nitrogen and oxygen atoms in total. The van der Waals surface area contributed by atoms with Gasteiger partial charge in [-0.05, 0) is 24.5 Å². The van der Waals surface area contributed by atoms with Crippen LogP contribution in [0.15, 0.2) is 23.2 Å². The molecule has 0 aliphatic heterocycles. The van der Waals surface area contributed by atoms with Crippen molar-refractivity contribution >= 4 is 11.9 Å². The highest BCUT2D eigenvalue weighted by atomic mass is 19.1. The molecule has 0 aromatic heterocycles. The number of carbonyl (C=O) groups is 1. The van der Waals surface area contributed by atoms with Crippen LogP contribution in [0.5, 0.6) is 0 Å². The van der Waals surface area contributed by atoms with Gasteiger partial charge >= 0.3 is 0 Å². The summed E-state index contributed by atoms with van der Waals surface area (Å²) in [5, 5.41) is 6.25. The van der Waals surface area contributed by atoms with Gasteiger partial charge in [0.05, 0.1) is 6.61 Å². The Balaban J connectivity index is 2.03. The van der Waals surface area contributed by atoms with Gasteiger partial charge in [0.25, 0.3) is 0 Å². The third kappa shape index (κ3) is 5.39. The lowest BCUT2D eigenvalue weighted by Gasteiger charge is -2.20. The van der Waals surface area contributed by atoms with E-state index in [4.69, 9.17) is 4.74 Å². The molecular weight excluding hydrogens is 342 g/mol. The number of aliphatic imine (C=N–C) groups is 1. The number of halogens is 2. The Morgan fingerprint density at radius 3 is 2.62 bits per heavy atom. The highest BCUT2D eigenvalue weighted by Gasteiger charge is 2.46. The second-order valence-electron chi connectivity index (χ2n) is 6.63. The van der Waals surface area contributed by atoms with Crippen molar-refractivity contribution in [3.8, 4) is 0 Å². The number of hydrogen-bond acceptors (Lipinski definition) is 3. The van der Waals surface area contributed by atoms with E-state index in [9.17, 15) is 13.6 Å². The molecule has 26 heavy (non-hydrogen) atoms. The highest BCUT2D eigenvalue weighted by Crippen LogP contribution is 2.48. The van der Waals surface area contributed by atoms with Gasteiger partial charge in [0.1, 0.15) is 18.2 Å². The summed E-state index contributed by atoms with van der Waals surface area (Å²) in [6, 6.07) is 3.70. The van der Waals surface area contributed by atoms with Crippen molar-refractivity contribution < 1.29 is 18.3 Å². The number of nitrogens with one attached hydrogen (secondary N) is 2. The van der Waals surface area contributed by atoms with E-state index in [0.29, 0.717) is 31.2 Å². The van der Waals surface area contributed by atoms with Gasteiger partial charge in [-0.2, -0.15) is 0 Å². The lowest BCUT2D eigenvalue weighted by molar-refractivity contribution is -0.127. The molecule has 0 saturated heterocycles. The maximum absolute atomic E-state index is 14.1. The molecule has 1 fully saturated rings. The summed E-state index contributed by atoms with van der Waals surface area (Å²) in [4.78, 5) is 17.5. The first-order valence-electron chi connectivity index (χ1n) is 8.55. The van der Waals surface area contributed by atoms with Gasteiger partial charge in [-0.15, -0.1) is 0 Å². The molecule has 2 N–H and O–H groups in total. The fraction of sp³-hybridized carbons (Fsp3) is 0.556. The molecule has 0 heterocycles. The van der Waals surface area contributed by atoms with Crippen molar-refractivity contribution in [2.45, 2.75) is 18.3 Å². The number of rotatable bonds is 8. The van der Waals surface area contributed by atoms with E-state index in [1.807, 2.05) is 0 Å². The molecule has 0 bridgehead atoms. The summed E-state index contributed by atoms with van der Waals surface area (Å²) in [5.41, 5.74) is 0.138. The Morgan fingerprint density at radius 1 is 1.31 bits per heavy atom. The van der Waals surface area contributed by atoms with E-state index < -0.39 is 11.6 Å². The smallest absolute Gasteiger partial charge is 0.243 e. The van der Waals surface area contributed by atoms with Crippen molar-refractivity contribution in [3.05, 3.63) is 35.4 Å². The van der Waals surface area contributed by atoms with Crippen molar-refractivity contribution in [1.29, 1.82) is 0 Å². The Kier molecular flexibility index (Phi) is 6.90. The molecule has 1 saturated carbocycles. The summed E-state index contributed by atoms with van der Waals surface area (Å²) in [5.74, 6) is -0.770. The fourth-order valence-electron chi connectivity index (χ4n) is 2.60. The standard InChI is InChI=1S/C18H26F2N4O2/c1-24(2)16(25)11-22-17(21-8-9-26-3)23-12-18(6-7-18)14-5-4-13(19)10-15(14)20/h4-5,10H,6-9,11-12H2,1-3H3,(H2,21,22,23). The average molecular weight is 368 g/mol. The zero-order valence-electron chi connectivity index (χ0n) is 15.4. The Labute approximate surface area is 152 Å². The molecular formula is C18H26F2N4O2. The number of nitrogens with zero attached hydrogens (tertiary/aromatic N) is 2. The molecule has 1 aliphatic carbocycles. The number of benzene rings is 1. The van der Waals surface area contributed by atoms with E-state index in [-0.39, 0.29) is 17.9 Å². The molecule has 1 aliphatic rings. The number of amides is 1. The number of methoxy groups -OCH3 is 1. The first-order valence-corrected chi connectivity index (χ1v) is 8.55. The van der Waals surface area contributed by atoms with Crippen LogP contribution in [-0.2, 0) is 14.9 Å². The maximum atomic E-state index is 14.1. The molecule has 0 atom stereocenters. The fourth-order valence-corrected chi connectivity index (χ4v) is 2.60.